The molecule has 1 atom stereocenters. The van der Waals surface area contributed by atoms with Crippen LogP contribution in [0.1, 0.15) is 23.7 Å². The number of amides is 1. The molecule has 2 rings (SSSR count). The maximum atomic E-state index is 11.9. The molecule has 1 aliphatic rings. The molecule has 1 N–H and O–H groups in total. The number of ether oxygens (including phenoxy) is 2. The van der Waals surface area contributed by atoms with Crippen LogP contribution in [-0.2, 0) is 9.53 Å². The SMILES string of the molecule is CCOC(=O)CNC(=O)c1ccnc(O[C@@H]2CCSC2)c1. The van der Waals surface area contributed by atoms with Crippen LogP contribution >= 0.6 is 11.8 Å². The van der Waals surface area contributed by atoms with Crippen molar-refractivity contribution in [2.45, 2.75) is 19.4 Å². The molecule has 0 saturated carbocycles. The minimum absolute atomic E-state index is 0.148. The van der Waals surface area contributed by atoms with Crippen molar-refractivity contribution in [2.75, 3.05) is 24.7 Å². The van der Waals surface area contributed by atoms with Crippen molar-refractivity contribution in [3.05, 3.63) is 23.9 Å². The highest BCUT2D eigenvalue weighted by atomic mass is 32.2. The molecule has 1 amide bonds. The van der Waals surface area contributed by atoms with Crippen LogP contribution < -0.4 is 10.1 Å². The molecule has 0 aromatic carbocycles. The molecule has 2 heterocycles. The van der Waals surface area contributed by atoms with E-state index in [1.807, 2.05) is 11.8 Å². The predicted molar refractivity (Wildman–Crippen MR) is 79.6 cm³/mol. The summed E-state index contributed by atoms with van der Waals surface area (Å²) in [6.45, 7) is 1.86. The number of esters is 1. The minimum atomic E-state index is -0.459. The van der Waals surface area contributed by atoms with E-state index in [1.165, 1.54) is 6.20 Å². The fourth-order valence-corrected chi connectivity index (χ4v) is 2.95. The van der Waals surface area contributed by atoms with Gasteiger partial charge >= 0.3 is 5.97 Å². The van der Waals surface area contributed by atoms with Gasteiger partial charge in [-0.15, -0.1) is 0 Å². The molecule has 0 radical (unpaired) electrons. The summed E-state index contributed by atoms with van der Waals surface area (Å²) >= 11 is 1.84. The average molecular weight is 310 g/mol. The first-order chi connectivity index (χ1) is 10.2. The number of carbonyl (C=O) groups excluding carboxylic acids is 2. The molecule has 1 aromatic rings. The van der Waals surface area contributed by atoms with Crippen molar-refractivity contribution >= 4 is 23.6 Å². The summed E-state index contributed by atoms with van der Waals surface area (Å²) in [6.07, 6.45) is 2.67. The lowest BCUT2D eigenvalue weighted by atomic mass is 10.2. The summed E-state index contributed by atoms with van der Waals surface area (Å²) in [7, 11) is 0. The highest BCUT2D eigenvalue weighted by molar-refractivity contribution is 7.99. The zero-order valence-corrected chi connectivity index (χ0v) is 12.6. The van der Waals surface area contributed by atoms with E-state index in [2.05, 4.69) is 10.3 Å². The second-order valence-electron chi connectivity index (χ2n) is 4.47. The van der Waals surface area contributed by atoms with Crippen molar-refractivity contribution in [2.24, 2.45) is 0 Å². The van der Waals surface area contributed by atoms with Gasteiger partial charge in [0.2, 0.25) is 5.88 Å². The molecule has 0 aliphatic carbocycles. The number of nitrogens with zero attached hydrogens (tertiary/aromatic N) is 1. The van der Waals surface area contributed by atoms with Gasteiger partial charge in [0, 0.05) is 23.6 Å². The number of hydrogen-bond acceptors (Lipinski definition) is 6. The molecule has 1 aliphatic heterocycles. The Balaban J connectivity index is 1.89. The van der Waals surface area contributed by atoms with Gasteiger partial charge in [-0.25, -0.2) is 4.98 Å². The monoisotopic (exact) mass is 310 g/mol. The first-order valence-corrected chi connectivity index (χ1v) is 7.98. The Labute approximate surface area is 127 Å². The molecule has 21 heavy (non-hydrogen) atoms. The van der Waals surface area contributed by atoms with Crippen LogP contribution in [0, 0.1) is 0 Å². The maximum Gasteiger partial charge on any atom is 0.325 e. The van der Waals surface area contributed by atoms with Gasteiger partial charge < -0.3 is 14.8 Å². The highest BCUT2D eigenvalue weighted by Crippen LogP contribution is 2.22. The Morgan fingerprint density at radius 2 is 2.38 bits per heavy atom. The smallest absolute Gasteiger partial charge is 0.325 e. The van der Waals surface area contributed by atoms with Crippen molar-refractivity contribution in [3.63, 3.8) is 0 Å². The van der Waals surface area contributed by atoms with E-state index < -0.39 is 5.97 Å². The van der Waals surface area contributed by atoms with Gasteiger partial charge in [-0.2, -0.15) is 11.8 Å². The van der Waals surface area contributed by atoms with Crippen LogP contribution in [0.2, 0.25) is 0 Å². The second kappa shape index (κ2) is 7.87. The van der Waals surface area contributed by atoms with Crippen LogP contribution in [-0.4, -0.2) is 47.6 Å². The Kier molecular flexibility index (Phi) is 5.86. The fourth-order valence-electron chi connectivity index (χ4n) is 1.86. The minimum Gasteiger partial charge on any atom is -0.473 e. The largest absolute Gasteiger partial charge is 0.473 e. The molecule has 6 nitrogen and oxygen atoms in total. The van der Waals surface area contributed by atoms with Gasteiger partial charge in [0.25, 0.3) is 5.91 Å². The molecule has 0 spiro atoms. The Morgan fingerprint density at radius 3 is 3.10 bits per heavy atom. The second-order valence-corrected chi connectivity index (χ2v) is 5.62. The lowest BCUT2D eigenvalue weighted by Gasteiger charge is -2.12. The lowest BCUT2D eigenvalue weighted by Crippen LogP contribution is -2.30. The van der Waals surface area contributed by atoms with E-state index >= 15 is 0 Å². The van der Waals surface area contributed by atoms with Crippen molar-refractivity contribution < 1.29 is 19.1 Å². The van der Waals surface area contributed by atoms with Crippen LogP contribution in [0.4, 0.5) is 0 Å². The van der Waals surface area contributed by atoms with Crippen molar-refractivity contribution in [3.8, 4) is 5.88 Å². The molecule has 1 fully saturated rings. The van der Waals surface area contributed by atoms with Gasteiger partial charge in [0.05, 0.1) is 6.61 Å². The molecular formula is C14H18N2O4S. The maximum absolute atomic E-state index is 11.9. The van der Waals surface area contributed by atoms with Crippen LogP contribution in [0.15, 0.2) is 18.3 Å². The summed E-state index contributed by atoms with van der Waals surface area (Å²) in [5, 5.41) is 2.50. The third kappa shape index (κ3) is 4.93. The summed E-state index contributed by atoms with van der Waals surface area (Å²) in [5.74, 6) is 1.66. The quantitative estimate of drug-likeness (QED) is 0.797. The highest BCUT2D eigenvalue weighted by Gasteiger charge is 2.18. The van der Waals surface area contributed by atoms with Crippen LogP contribution in [0.25, 0.3) is 0 Å². The van der Waals surface area contributed by atoms with E-state index in [9.17, 15) is 9.59 Å². The molecule has 1 aromatic heterocycles. The van der Waals surface area contributed by atoms with Crippen molar-refractivity contribution in [1.29, 1.82) is 0 Å². The van der Waals surface area contributed by atoms with E-state index in [4.69, 9.17) is 9.47 Å². The average Bonchev–Trinajstić information content (AvgIpc) is 2.98. The number of carbonyl (C=O) groups is 2. The number of thioether (sulfide) groups is 1. The topological polar surface area (TPSA) is 77.5 Å². The van der Waals surface area contributed by atoms with E-state index in [0.717, 1.165) is 17.9 Å². The normalized spacial score (nSPS) is 17.3. The zero-order chi connectivity index (χ0) is 15.1. The summed E-state index contributed by atoms with van der Waals surface area (Å²) in [5.41, 5.74) is 0.412. The van der Waals surface area contributed by atoms with Crippen molar-refractivity contribution in [1.82, 2.24) is 10.3 Å². The summed E-state index contributed by atoms with van der Waals surface area (Å²) < 4.78 is 10.5. The fraction of sp³-hybridized carbons (Fsp3) is 0.500. The predicted octanol–water partition coefficient (Wildman–Crippen LogP) is 1.26. The van der Waals surface area contributed by atoms with Crippen LogP contribution in [0.5, 0.6) is 5.88 Å². The first-order valence-electron chi connectivity index (χ1n) is 6.83. The summed E-state index contributed by atoms with van der Waals surface area (Å²) in [4.78, 5) is 27.2. The van der Waals surface area contributed by atoms with E-state index in [1.54, 1.807) is 19.1 Å². The van der Waals surface area contributed by atoms with Gasteiger partial charge in [-0.3, -0.25) is 9.59 Å². The Morgan fingerprint density at radius 1 is 1.52 bits per heavy atom. The molecule has 7 heteroatoms. The molecule has 114 valence electrons. The molecule has 0 unspecified atom stereocenters. The zero-order valence-electron chi connectivity index (χ0n) is 11.8. The van der Waals surface area contributed by atoms with Gasteiger partial charge in [-0.1, -0.05) is 0 Å². The standard InChI is InChI=1S/C14H18N2O4S/c1-2-19-13(17)8-16-14(18)10-3-5-15-12(7-10)20-11-4-6-21-9-11/h3,5,7,11H,2,4,6,8-9H2,1H3,(H,16,18)/t11-/m1/s1. The van der Waals surface area contributed by atoms with Crippen LogP contribution in [0.3, 0.4) is 0 Å². The Hall–Kier alpha value is -1.76. The molecular weight excluding hydrogens is 292 g/mol. The lowest BCUT2D eigenvalue weighted by molar-refractivity contribution is -0.141. The van der Waals surface area contributed by atoms with Gasteiger partial charge in [-0.05, 0) is 25.2 Å². The Bertz CT molecular complexity index is 504. The number of hydrogen-bond donors (Lipinski definition) is 1. The number of nitrogens with one attached hydrogen (secondary N) is 1. The first kappa shape index (κ1) is 15.6. The van der Waals surface area contributed by atoms with E-state index in [-0.39, 0.29) is 18.6 Å². The number of aromatic nitrogens is 1. The van der Waals surface area contributed by atoms with E-state index in [0.29, 0.717) is 18.1 Å². The third-order valence-electron chi connectivity index (χ3n) is 2.87. The number of pyridine rings is 1. The summed E-state index contributed by atoms with van der Waals surface area (Å²) in [6, 6.07) is 3.17. The van der Waals surface area contributed by atoms with Gasteiger partial charge in [0.15, 0.2) is 0 Å². The molecule has 0 bridgehead atoms. The molecule has 1 saturated heterocycles. The third-order valence-corrected chi connectivity index (χ3v) is 4.00. The van der Waals surface area contributed by atoms with Gasteiger partial charge in [0.1, 0.15) is 12.6 Å². The number of rotatable bonds is 6.